The summed E-state index contributed by atoms with van der Waals surface area (Å²) in [5.74, 6) is 0.281. The largest absolute Gasteiger partial charge is 0.508 e. The van der Waals surface area contributed by atoms with E-state index in [2.05, 4.69) is 5.10 Å². The molecular weight excluding hydrogens is 214 g/mol. The number of phenolic OH excluding ortho intramolecular Hbond substituents is 1. The van der Waals surface area contributed by atoms with Gasteiger partial charge in [0.2, 0.25) is 0 Å². The van der Waals surface area contributed by atoms with Crippen LogP contribution in [0.1, 0.15) is 22.5 Å². The van der Waals surface area contributed by atoms with Gasteiger partial charge in [0.05, 0.1) is 12.2 Å². The molecule has 0 saturated heterocycles. The molecule has 2 aromatic rings. The third-order valence-electron chi connectivity index (χ3n) is 2.98. The number of nitrogens with zero attached hydrogens (tertiary/aromatic N) is 2. The summed E-state index contributed by atoms with van der Waals surface area (Å²) in [4.78, 5) is 0. The maximum absolute atomic E-state index is 9.42. The fourth-order valence-electron chi connectivity index (χ4n) is 2.01. The second-order valence-electron chi connectivity index (χ2n) is 4.18. The molecule has 0 amide bonds. The maximum Gasteiger partial charge on any atom is 0.115 e. The average molecular weight is 231 g/mol. The predicted octanol–water partition coefficient (Wildman–Crippen LogP) is 1.71. The van der Waals surface area contributed by atoms with Gasteiger partial charge in [0.15, 0.2) is 0 Å². The van der Waals surface area contributed by atoms with E-state index >= 15 is 0 Å². The molecule has 0 bridgehead atoms. The highest BCUT2D eigenvalue weighted by Crippen LogP contribution is 2.16. The highest BCUT2D eigenvalue weighted by Gasteiger charge is 2.09. The van der Waals surface area contributed by atoms with E-state index in [1.54, 1.807) is 12.1 Å². The molecule has 0 aliphatic heterocycles. The van der Waals surface area contributed by atoms with Gasteiger partial charge >= 0.3 is 0 Å². The molecular formula is C13H17N3O. The van der Waals surface area contributed by atoms with Crippen molar-refractivity contribution in [1.29, 1.82) is 0 Å². The molecule has 0 saturated carbocycles. The molecule has 0 unspecified atom stereocenters. The van der Waals surface area contributed by atoms with Crippen LogP contribution < -0.4 is 5.73 Å². The number of hydrogen-bond donors (Lipinski definition) is 2. The molecule has 17 heavy (non-hydrogen) atoms. The molecule has 1 aromatic carbocycles. The molecule has 4 heteroatoms. The Morgan fingerprint density at radius 1 is 1.35 bits per heavy atom. The van der Waals surface area contributed by atoms with Gasteiger partial charge in [-0.05, 0) is 31.5 Å². The van der Waals surface area contributed by atoms with Crippen LogP contribution in [0.4, 0.5) is 0 Å². The van der Waals surface area contributed by atoms with Gasteiger partial charge in [-0.15, -0.1) is 0 Å². The van der Waals surface area contributed by atoms with E-state index in [4.69, 9.17) is 5.73 Å². The summed E-state index contributed by atoms with van der Waals surface area (Å²) < 4.78 is 1.92. The molecule has 0 aliphatic carbocycles. The van der Waals surface area contributed by atoms with Crippen molar-refractivity contribution in [1.82, 2.24) is 9.78 Å². The zero-order valence-electron chi connectivity index (χ0n) is 10.1. The summed E-state index contributed by atoms with van der Waals surface area (Å²) in [5, 5.41) is 13.9. The minimum absolute atomic E-state index is 0.281. The third kappa shape index (κ3) is 2.31. The topological polar surface area (TPSA) is 64.1 Å². The zero-order valence-corrected chi connectivity index (χ0v) is 10.1. The first-order valence-electron chi connectivity index (χ1n) is 5.62. The van der Waals surface area contributed by atoms with Gasteiger partial charge in [0.1, 0.15) is 5.75 Å². The van der Waals surface area contributed by atoms with Crippen LogP contribution in [0.25, 0.3) is 0 Å². The van der Waals surface area contributed by atoms with Crippen molar-refractivity contribution in [2.75, 3.05) is 0 Å². The number of nitrogens with two attached hydrogens (primary N) is 1. The number of aromatic hydroxyl groups is 1. The Kier molecular flexibility index (Phi) is 3.15. The Hall–Kier alpha value is -1.81. The van der Waals surface area contributed by atoms with E-state index < -0.39 is 0 Å². The van der Waals surface area contributed by atoms with E-state index in [1.165, 1.54) is 0 Å². The molecule has 90 valence electrons. The van der Waals surface area contributed by atoms with E-state index in [-0.39, 0.29) is 5.75 Å². The number of hydrogen-bond acceptors (Lipinski definition) is 3. The first-order chi connectivity index (χ1) is 8.11. The highest BCUT2D eigenvalue weighted by atomic mass is 16.3. The van der Waals surface area contributed by atoms with Gasteiger partial charge in [-0.25, -0.2) is 0 Å². The van der Waals surface area contributed by atoms with Gasteiger partial charge < -0.3 is 10.8 Å². The molecule has 0 aliphatic rings. The third-order valence-corrected chi connectivity index (χ3v) is 2.98. The molecule has 0 spiro atoms. The highest BCUT2D eigenvalue weighted by molar-refractivity contribution is 5.29. The van der Waals surface area contributed by atoms with Crippen LogP contribution in [0, 0.1) is 13.8 Å². The molecule has 4 nitrogen and oxygen atoms in total. The number of benzene rings is 1. The van der Waals surface area contributed by atoms with Crippen molar-refractivity contribution in [3.8, 4) is 5.75 Å². The fourth-order valence-corrected chi connectivity index (χ4v) is 2.01. The Labute approximate surface area is 101 Å². The van der Waals surface area contributed by atoms with Gasteiger partial charge in [0, 0.05) is 17.8 Å². The van der Waals surface area contributed by atoms with Gasteiger partial charge in [-0.3, -0.25) is 4.68 Å². The summed E-state index contributed by atoms with van der Waals surface area (Å²) in [7, 11) is 0. The van der Waals surface area contributed by atoms with E-state index in [1.807, 2.05) is 30.7 Å². The molecule has 2 rings (SSSR count). The van der Waals surface area contributed by atoms with E-state index in [0.29, 0.717) is 13.1 Å². The maximum atomic E-state index is 9.42. The minimum atomic E-state index is 0.281. The van der Waals surface area contributed by atoms with E-state index in [0.717, 1.165) is 22.5 Å². The van der Waals surface area contributed by atoms with E-state index in [9.17, 15) is 5.11 Å². The van der Waals surface area contributed by atoms with Crippen LogP contribution >= 0.6 is 0 Å². The molecule has 1 heterocycles. The molecule has 0 fully saturated rings. The van der Waals surface area contributed by atoms with Crippen LogP contribution in [0.15, 0.2) is 24.3 Å². The summed E-state index contributed by atoms with van der Waals surface area (Å²) in [6.07, 6.45) is 0. The quantitative estimate of drug-likeness (QED) is 0.845. The van der Waals surface area contributed by atoms with Crippen LogP contribution in [-0.4, -0.2) is 14.9 Å². The van der Waals surface area contributed by atoms with Crippen molar-refractivity contribution >= 4 is 0 Å². The predicted molar refractivity (Wildman–Crippen MR) is 66.8 cm³/mol. The summed E-state index contributed by atoms with van der Waals surface area (Å²) in [6, 6.07) is 7.22. The first kappa shape index (κ1) is 11.7. The number of aromatic nitrogens is 2. The van der Waals surface area contributed by atoms with Crippen LogP contribution in [0.2, 0.25) is 0 Å². The fraction of sp³-hybridized carbons (Fsp3) is 0.308. The Bertz CT molecular complexity index is 531. The SMILES string of the molecule is Cc1nn(Cc2cccc(O)c2)c(C)c1CN. The summed E-state index contributed by atoms with van der Waals surface area (Å²) in [5.41, 5.74) is 9.89. The normalized spacial score (nSPS) is 10.8. The molecule has 0 atom stereocenters. The lowest BCUT2D eigenvalue weighted by Crippen LogP contribution is -2.05. The Balaban J connectivity index is 2.30. The molecule has 1 aromatic heterocycles. The zero-order chi connectivity index (χ0) is 12.4. The van der Waals surface area contributed by atoms with Crippen LogP contribution in [0.5, 0.6) is 5.75 Å². The van der Waals surface area contributed by atoms with Crippen molar-refractivity contribution in [2.24, 2.45) is 5.73 Å². The lowest BCUT2D eigenvalue weighted by molar-refractivity contribution is 0.474. The smallest absolute Gasteiger partial charge is 0.115 e. The molecule has 0 radical (unpaired) electrons. The van der Waals surface area contributed by atoms with Crippen molar-refractivity contribution < 1.29 is 5.11 Å². The standard InChI is InChI=1S/C13H17N3O/c1-9-13(7-14)10(2)16(15-9)8-11-4-3-5-12(17)6-11/h3-6,17H,7-8,14H2,1-2H3. The van der Waals surface area contributed by atoms with Gasteiger partial charge in [-0.1, -0.05) is 12.1 Å². The van der Waals surface area contributed by atoms with Gasteiger partial charge in [0.25, 0.3) is 0 Å². The average Bonchev–Trinajstić information content (AvgIpc) is 2.54. The molecule has 3 N–H and O–H groups in total. The second-order valence-corrected chi connectivity index (χ2v) is 4.18. The summed E-state index contributed by atoms with van der Waals surface area (Å²) in [6.45, 7) is 5.15. The van der Waals surface area contributed by atoms with Gasteiger partial charge in [-0.2, -0.15) is 5.10 Å². The van der Waals surface area contributed by atoms with Crippen molar-refractivity contribution in [3.63, 3.8) is 0 Å². The lowest BCUT2D eigenvalue weighted by Gasteiger charge is -2.05. The van der Waals surface area contributed by atoms with Crippen LogP contribution in [-0.2, 0) is 13.1 Å². The summed E-state index contributed by atoms with van der Waals surface area (Å²) >= 11 is 0. The van der Waals surface area contributed by atoms with Crippen molar-refractivity contribution in [2.45, 2.75) is 26.9 Å². The second kappa shape index (κ2) is 4.59. The lowest BCUT2D eigenvalue weighted by atomic mass is 10.2. The van der Waals surface area contributed by atoms with Crippen molar-refractivity contribution in [3.05, 3.63) is 46.8 Å². The number of phenols is 1. The number of rotatable bonds is 3. The number of aryl methyl sites for hydroxylation is 1. The Morgan fingerprint density at radius 2 is 2.12 bits per heavy atom. The van der Waals surface area contributed by atoms with Crippen LogP contribution in [0.3, 0.4) is 0 Å². The minimum Gasteiger partial charge on any atom is -0.508 e. The Morgan fingerprint density at radius 3 is 2.71 bits per heavy atom. The first-order valence-corrected chi connectivity index (χ1v) is 5.62. The monoisotopic (exact) mass is 231 g/mol.